The molecule has 0 fully saturated rings. The SMILES string of the molecule is C[C@@H](O)c1cc(Br)ccc1OCCc1ccccc1. The minimum absolute atomic E-state index is 0.538. The molecule has 0 heterocycles. The van der Waals surface area contributed by atoms with Crippen LogP contribution in [0.2, 0.25) is 0 Å². The van der Waals surface area contributed by atoms with Gasteiger partial charge in [-0.3, -0.25) is 0 Å². The number of benzene rings is 2. The van der Waals surface area contributed by atoms with E-state index in [1.54, 1.807) is 6.92 Å². The molecule has 19 heavy (non-hydrogen) atoms. The summed E-state index contributed by atoms with van der Waals surface area (Å²) in [7, 11) is 0. The molecule has 1 N–H and O–H groups in total. The second-order valence-corrected chi connectivity index (χ2v) is 5.36. The van der Waals surface area contributed by atoms with Crippen molar-refractivity contribution < 1.29 is 9.84 Å². The van der Waals surface area contributed by atoms with Crippen LogP contribution in [0.1, 0.15) is 24.2 Å². The largest absolute Gasteiger partial charge is 0.493 e. The molecule has 0 saturated carbocycles. The minimum Gasteiger partial charge on any atom is -0.493 e. The monoisotopic (exact) mass is 320 g/mol. The molecular weight excluding hydrogens is 304 g/mol. The Bertz CT molecular complexity index is 524. The first-order valence-corrected chi connectivity index (χ1v) is 7.10. The number of aliphatic hydroxyl groups is 1. The number of hydrogen-bond donors (Lipinski definition) is 1. The fourth-order valence-electron chi connectivity index (χ4n) is 1.90. The van der Waals surface area contributed by atoms with Gasteiger partial charge in [0, 0.05) is 16.5 Å². The average Bonchev–Trinajstić information content (AvgIpc) is 2.41. The zero-order chi connectivity index (χ0) is 13.7. The zero-order valence-electron chi connectivity index (χ0n) is 10.8. The normalized spacial score (nSPS) is 12.2. The maximum absolute atomic E-state index is 9.74. The van der Waals surface area contributed by atoms with E-state index in [0.717, 1.165) is 22.2 Å². The van der Waals surface area contributed by atoms with Crippen molar-refractivity contribution in [3.8, 4) is 5.75 Å². The quantitative estimate of drug-likeness (QED) is 0.897. The first kappa shape index (κ1) is 14.1. The number of rotatable bonds is 5. The molecule has 0 aromatic heterocycles. The highest BCUT2D eigenvalue weighted by atomic mass is 79.9. The van der Waals surface area contributed by atoms with Crippen LogP contribution in [0.25, 0.3) is 0 Å². The molecule has 0 bridgehead atoms. The second kappa shape index (κ2) is 6.73. The molecule has 0 saturated heterocycles. The molecule has 0 aliphatic carbocycles. The van der Waals surface area contributed by atoms with Gasteiger partial charge in [0.1, 0.15) is 5.75 Å². The third kappa shape index (κ3) is 4.08. The maximum atomic E-state index is 9.74. The number of hydrogen-bond acceptors (Lipinski definition) is 2. The summed E-state index contributed by atoms with van der Waals surface area (Å²) in [6, 6.07) is 15.9. The summed E-state index contributed by atoms with van der Waals surface area (Å²) in [5, 5.41) is 9.74. The molecule has 0 unspecified atom stereocenters. The Hall–Kier alpha value is -1.32. The van der Waals surface area contributed by atoms with Crippen molar-refractivity contribution >= 4 is 15.9 Å². The van der Waals surface area contributed by atoms with E-state index in [0.29, 0.717) is 6.61 Å². The molecule has 100 valence electrons. The minimum atomic E-state index is -0.538. The van der Waals surface area contributed by atoms with Crippen molar-refractivity contribution in [2.24, 2.45) is 0 Å². The van der Waals surface area contributed by atoms with E-state index < -0.39 is 6.10 Å². The topological polar surface area (TPSA) is 29.5 Å². The molecule has 0 aliphatic rings. The molecule has 0 amide bonds. The molecule has 0 radical (unpaired) electrons. The van der Waals surface area contributed by atoms with Crippen LogP contribution in [0.3, 0.4) is 0 Å². The Balaban J connectivity index is 2.00. The Morgan fingerprint density at radius 1 is 1.16 bits per heavy atom. The van der Waals surface area contributed by atoms with Gasteiger partial charge in [0.25, 0.3) is 0 Å². The summed E-state index contributed by atoms with van der Waals surface area (Å²) in [5.41, 5.74) is 2.06. The Morgan fingerprint density at radius 2 is 1.89 bits per heavy atom. The number of halogens is 1. The van der Waals surface area contributed by atoms with Crippen LogP contribution in [0.15, 0.2) is 53.0 Å². The molecule has 3 heteroatoms. The lowest BCUT2D eigenvalue weighted by atomic mass is 10.1. The van der Waals surface area contributed by atoms with Gasteiger partial charge in [-0.1, -0.05) is 46.3 Å². The van der Waals surface area contributed by atoms with Crippen LogP contribution in [0.4, 0.5) is 0 Å². The van der Waals surface area contributed by atoms with Gasteiger partial charge in [-0.2, -0.15) is 0 Å². The van der Waals surface area contributed by atoms with Gasteiger partial charge >= 0.3 is 0 Å². The van der Waals surface area contributed by atoms with Crippen molar-refractivity contribution in [2.45, 2.75) is 19.4 Å². The van der Waals surface area contributed by atoms with Crippen LogP contribution >= 0.6 is 15.9 Å². The Morgan fingerprint density at radius 3 is 2.58 bits per heavy atom. The highest BCUT2D eigenvalue weighted by Gasteiger charge is 2.09. The standard InChI is InChI=1S/C16H17BrO2/c1-12(18)15-11-14(17)7-8-16(15)19-10-9-13-5-3-2-4-6-13/h2-8,11-12,18H,9-10H2,1H3/t12-/m1/s1. The molecule has 1 atom stereocenters. The molecular formula is C16H17BrO2. The van der Waals surface area contributed by atoms with E-state index in [1.807, 2.05) is 36.4 Å². The Kier molecular flexibility index (Phi) is 5.00. The first-order chi connectivity index (χ1) is 9.16. The van der Waals surface area contributed by atoms with Crippen LogP contribution in [-0.2, 0) is 6.42 Å². The Labute approximate surface area is 122 Å². The van der Waals surface area contributed by atoms with Crippen molar-refractivity contribution in [3.63, 3.8) is 0 Å². The third-order valence-corrected chi connectivity index (χ3v) is 3.41. The highest BCUT2D eigenvalue weighted by Crippen LogP contribution is 2.28. The smallest absolute Gasteiger partial charge is 0.125 e. The second-order valence-electron chi connectivity index (χ2n) is 4.44. The van der Waals surface area contributed by atoms with Crippen LogP contribution in [0.5, 0.6) is 5.75 Å². The lowest BCUT2D eigenvalue weighted by Crippen LogP contribution is -2.04. The summed E-state index contributed by atoms with van der Waals surface area (Å²) in [4.78, 5) is 0. The molecule has 2 nitrogen and oxygen atoms in total. The molecule has 2 aromatic rings. The van der Waals surface area contributed by atoms with Crippen LogP contribution in [-0.4, -0.2) is 11.7 Å². The molecule has 0 aliphatic heterocycles. The van der Waals surface area contributed by atoms with E-state index in [1.165, 1.54) is 5.56 Å². The van der Waals surface area contributed by atoms with Gasteiger partial charge in [0.15, 0.2) is 0 Å². The molecule has 0 spiro atoms. The molecule has 2 aromatic carbocycles. The first-order valence-electron chi connectivity index (χ1n) is 6.31. The van der Waals surface area contributed by atoms with Crippen LogP contribution in [0, 0.1) is 0 Å². The third-order valence-electron chi connectivity index (χ3n) is 2.91. The van der Waals surface area contributed by atoms with Gasteiger partial charge in [-0.15, -0.1) is 0 Å². The van der Waals surface area contributed by atoms with E-state index >= 15 is 0 Å². The van der Waals surface area contributed by atoms with Crippen LogP contribution < -0.4 is 4.74 Å². The summed E-state index contributed by atoms with van der Waals surface area (Å²) < 4.78 is 6.72. The number of ether oxygens (including phenoxy) is 1. The van der Waals surface area contributed by atoms with Gasteiger partial charge in [0.2, 0.25) is 0 Å². The lowest BCUT2D eigenvalue weighted by molar-refractivity contribution is 0.191. The summed E-state index contributed by atoms with van der Waals surface area (Å²) in [6.07, 6.45) is 0.320. The lowest BCUT2D eigenvalue weighted by Gasteiger charge is -2.14. The van der Waals surface area contributed by atoms with E-state index in [4.69, 9.17) is 4.74 Å². The van der Waals surface area contributed by atoms with Gasteiger partial charge in [0.05, 0.1) is 12.7 Å². The summed E-state index contributed by atoms with van der Waals surface area (Å²) in [6.45, 7) is 2.34. The van der Waals surface area contributed by atoms with E-state index in [-0.39, 0.29) is 0 Å². The fourth-order valence-corrected chi connectivity index (χ4v) is 2.28. The van der Waals surface area contributed by atoms with Crippen molar-refractivity contribution in [2.75, 3.05) is 6.61 Å². The van der Waals surface area contributed by atoms with Gasteiger partial charge in [-0.05, 0) is 30.7 Å². The zero-order valence-corrected chi connectivity index (χ0v) is 12.4. The fraction of sp³-hybridized carbons (Fsp3) is 0.250. The predicted molar refractivity (Wildman–Crippen MR) is 80.4 cm³/mol. The predicted octanol–water partition coefficient (Wildman–Crippen LogP) is 4.12. The van der Waals surface area contributed by atoms with Crippen molar-refractivity contribution in [3.05, 3.63) is 64.1 Å². The van der Waals surface area contributed by atoms with Crippen molar-refractivity contribution in [1.29, 1.82) is 0 Å². The summed E-state index contributed by atoms with van der Waals surface area (Å²) >= 11 is 3.40. The maximum Gasteiger partial charge on any atom is 0.125 e. The van der Waals surface area contributed by atoms with Gasteiger partial charge in [-0.25, -0.2) is 0 Å². The highest BCUT2D eigenvalue weighted by molar-refractivity contribution is 9.10. The van der Waals surface area contributed by atoms with E-state index in [2.05, 4.69) is 28.1 Å². The average molecular weight is 321 g/mol. The summed E-state index contributed by atoms with van der Waals surface area (Å²) in [5.74, 6) is 0.745. The number of aliphatic hydroxyl groups excluding tert-OH is 1. The van der Waals surface area contributed by atoms with E-state index in [9.17, 15) is 5.11 Å². The van der Waals surface area contributed by atoms with Crippen molar-refractivity contribution in [1.82, 2.24) is 0 Å². The van der Waals surface area contributed by atoms with Gasteiger partial charge < -0.3 is 9.84 Å². The molecule has 2 rings (SSSR count).